The van der Waals surface area contributed by atoms with Crippen molar-refractivity contribution < 1.29 is 36.2 Å². The van der Waals surface area contributed by atoms with E-state index in [1.807, 2.05) is 0 Å². The molecule has 1 aromatic rings. The Bertz CT molecular complexity index is 476. The van der Waals surface area contributed by atoms with E-state index in [9.17, 15) is 31.1 Å². The minimum Gasteiger partial charge on any atom is -0.395 e. The zero-order valence-corrected chi connectivity index (χ0v) is 9.72. The lowest BCUT2D eigenvalue weighted by atomic mass is 9.94. The lowest BCUT2D eigenvalue weighted by Crippen LogP contribution is -2.25. The highest BCUT2D eigenvalue weighted by Crippen LogP contribution is 2.37. The van der Waals surface area contributed by atoms with Gasteiger partial charge >= 0.3 is 12.4 Å². The second-order valence-electron chi connectivity index (χ2n) is 3.98. The van der Waals surface area contributed by atoms with Gasteiger partial charge in [-0.05, 0) is 23.8 Å². The summed E-state index contributed by atoms with van der Waals surface area (Å²) in [5.74, 6) is -2.86. The summed E-state index contributed by atoms with van der Waals surface area (Å²) < 4.78 is 75.4. The van der Waals surface area contributed by atoms with Crippen molar-refractivity contribution in [1.82, 2.24) is 0 Å². The van der Waals surface area contributed by atoms with E-state index in [0.717, 1.165) is 0 Å². The minimum atomic E-state index is -5.02. The number of benzene rings is 1. The summed E-state index contributed by atoms with van der Waals surface area (Å²) in [5.41, 5.74) is 1.06. The quantitative estimate of drug-likeness (QED) is 0.841. The number of primary amides is 1. The maximum absolute atomic E-state index is 12.6. The lowest BCUT2D eigenvalue weighted by molar-refractivity contribution is -0.143. The lowest BCUT2D eigenvalue weighted by Gasteiger charge is -2.17. The Morgan fingerprint density at radius 2 is 1.45 bits per heavy atom. The van der Waals surface area contributed by atoms with Gasteiger partial charge < -0.3 is 10.8 Å². The van der Waals surface area contributed by atoms with Crippen LogP contribution >= 0.6 is 0 Å². The molecule has 1 amide bonds. The van der Waals surface area contributed by atoms with Crippen molar-refractivity contribution in [3.8, 4) is 0 Å². The van der Waals surface area contributed by atoms with Crippen molar-refractivity contribution in [3.05, 3.63) is 34.9 Å². The smallest absolute Gasteiger partial charge is 0.395 e. The highest BCUT2D eigenvalue weighted by atomic mass is 19.4. The van der Waals surface area contributed by atoms with Gasteiger partial charge in [0.2, 0.25) is 5.91 Å². The minimum absolute atomic E-state index is 0.0705. The molecule has 0 aromatic heterocycles. The van der Waals surface area contributed by atoms with Crippen molar-refractivity contribution in [3.63, 3.8) is 0 Å². The van der Waals surface area contributed by atoms with Crippen LogP contribution in [0.4, 0.5) is 26.3 Å². The SMILES string of the molecule is NC(=O)C(CO)c1cc(C(F)(F)F)cc(C(F)(F)F)c1. The highest BCUT2D eigenvalue weighted by molar-refractivity contribution is 5.82. The van der Waals surface area contributed by atoms with Crippen LogP contribution in [0.2, 0.25) is 0 Å². The largest absolute Gasteiger partial charge is 0.416 e. The number of hydrogen-bond acceptors (Lipinski definition) is 2. The number of amides is 1. The number of alkyl halides is 6. The van der Waals surface area contributed by atoms with Crippen molar-refractivity contribution in [2.45, 2.75) is 18.3 Å². The fourth-order valence-corrected chi connectivity index (χ4v) is 1.54. The standard InChI is InChI=1S/C11H9F6NO2/c12-10(13,14)6-1-5(8(4-19)9(18)20)2-7(3-6)11(15,16)17/h1-3,8,19H,4H2,(H2,18,20). The first kappa shape index (κ1) is 16.3. The van der Waals surface area contributed by atoms with Crippen LogP contribution in [-0.2, 0) is 17.1 Å². The van der Waals surface area contributed by atoms with E-state index < -0.39 is 47.5 Å². The first-order valence-corrected chi connectivity index (χ1v) is 5.16. The molecule has 3 nitrogen and oxygen atoms in total. The fourth-order valence-electron chi connectivity index (χ4n) is 1.54. The third-order valence-electron chi connectivity index (χ3n) is 2.54. The maximum atomic E-state index is 12.6. The molecule has 0 saturated heterocycles. The van der Waals surface area contributed by atoms with Crippen LogP contribution in [0.5, 0.6) is 0 Å². The molecule has 1 aromatic carbocycles. The zero-order chi connectivity index (χ0) is 15.7. The molecule has 20 heavy (non-hydrogen) atoms. The Balaban J connectivity index is 3.49. The Morgan fingerprint density at radius 3 is 1.70 bits per heavy atom. The number of carbonyl (C=O) groups excluding carboxylic acids is 1. The van der Waals surface area contributed by atoms with Crippen LogP contribution in [0.25, 0.3) is 0 Å². The van der Waals surface area contributed by atoms with Gasteiger partial charge in [0.05, 0.1) is 23.7 Å². The van der Waals surface area contributed by atoms with E-state index >= 15 is 0 Å². The normalized spacial score (nSPS) is 14.2. The first-order chi connectivity index (χ1) is 8.96. The molecule has 1 rings (SSSR count). The molecule has 0 fully saturated rings. The molecule has 0 radical (unpaired) electrons. The average molecular weight is 301 g/mol. The van der Waals surface area contributed by atoms with E-state index in [-0.39, 0.29) is 6.07 Å². The number of aliphatic hydroxyl groups is 1. The van der Waals surface area contributed by atoms with Crippen molar-refractivity contribution in [2.75, 3.05) is 6.61 Å². The molecular formula is C11H9F6NO2. The zero-order valence-electron chi connectivity index (χ0n) is 9.72. The molecule has 0 aliphatic heterocycles. The molecule has 0 aliphatic rings. The highest BCUT2D eigenvalue weighted by Gasteiger charge is 2.37. The van der Waals surface area contributed by atoms with E-state index in [0.29, 0.717) is 12.1 Å². The molecule has 0 bridgehead atoms. The fraction of sp³-hybridized carbons (Fsp3) is 0.364. The molecule has 9 heteroatoms. The molecule has 1 unspecified atom stereocenters. The van der Waals surface area contributed by atoms with Crippen molar-refractivity contribution in [2.24, 2.45) is 5.73 Å². The molecule has 112 valence electrons. The Labute approximate surface area is 109 Å². The van der Waals surface area contributed by atoms with Gasteiger partial charge in [0.25, 0.3) is 0 Å². The molecule has 0 aliphatic carbocycles. The molecule has 3 N–H and O–H groups in total. The van der Waals surface area contributed by atoms with Gasteiger partial charge in [0, 0.05) is 0 Å². The third kappa shape index (κ3) is 3.62. The first-order valence-electron chi connectivity index (χ1n) is 5.16. The van der Waals surface area contributed by atoms with Gasteiger partial charge in [-0.3, -0.25) is 4.79 Å². The topological polar surface area (TPSA) is 63.3 Å². The van der Waals surface area contributed by atoms with Gasteiger partial charge in [-0.25, -0.2) is 0 Å². The Hall–Kier alpha value is -1.77. The summed E-state index contributed by atoms with van der Waals surface area (Å²) in [5, 5.41) is 8.87. The number of nitrogens with two attached hydrogens (primary N) is 1. The summed E-state index contributed by atoms with van der Waals surface area (Å²) in [4.78, 5) is 11.0. The molecule has 0 spiro atoms. The van der Waals surface area contributed by atoms with Crippen LogP contribution < -0.4 is 5.73 Å². The average Bonchev–Trinajstić information content (AvgIpc) is 2.26. The van der Waals surface area contributed by atoms with E-state index in [2.05, 4.69) is 0 Å². The molecule has 1 atom stereocenters. The monoisotopic (exact) mass is 301 g/mol. The Kier molecular flexibility index (Phi) is 4.33. The summed E-state index contributed by atoms with van der Waals surface area (Å²) >= 11 is 0. The number of carbonyl (C=O) groups is 1. The maximum Gasteiger partial charge on any atom is 0.416 e. The molecule has 0 saturated carbocycles. The van der Waals surface area contributed by atoms with E-state index in [1.165, 1.54) is 0 Å². The van der Waals surface area contributed by atoms with Crippen LogP contribution in [0.1, 0.15) is 22.6 Å². The van der Waals surface area contributed by atoms with E-state index in [1.54, 1.807) is 0 Å². The van der Waals surface area contributed by atoms with Crippen LogP contribution in [0, 0.1) is 0 Å². The second-order valence-corrected chi connectivity index (χ2v) is 3.98. The second kappa shape index (κ2) is 5.31. The Morgan fingerprint density at radius 1 is 1.05 bits per heavy atom. The van der Waals surface area contributed by atoms with Gasteiger partial charge in [-0.15, -0.1) is 0 Å². The van der Waals surface area contributed by atoms with Gasteiger partial charge in [0.1, 0.15) is 0 Å². The summed E-state index contributed by atoms with van der Waals surface area (Å²) in [6.07, 6.45) is -10.0. The van der Waals surface area contributed by atoms with Crippen LogP contribution in [0.3, 0.4) is 0 Å². The number of rotatable bonds is 3. The van der Waals surface area contributed by atoms with Crippen molar-refractivity contribution >= 4 is 5.91 Å². The van der Waals surface area contributed by atoms with Crippen LogP contribution in [0.15, 0.2) is 18.2 Å². The summed E-state index contributed by atoms with van der Waals surface area (Å²) in [6.45, 7) is -0.992. The third-order valence-corrected chi connectivity index (χ3v) is 2.54. The van der Waals surface area contributed by atoms with Crippen molar-refractivity contribution in [1.29, 1.82) is 0 Å². The summed E-state index contributed by atoms with van der Waals surface area (Å²) in [6, 6.07) is 0.653. The number of aliphatic hydroxyl groups excluding tert-OH is 1. The number of halogens is 6. The number of hydrogen-bond donors (Lipinski definition) is 2. The van der Waals surface area contributed by atoms with Gasteiger partial charge in [-0.1, -0.05) is 0 Å². The predicted molar refractivity (Wildman–Crippen MR) is 55.5 cm³/mol. The summed E-state index contributed by atoms with van der Waals surface area (Å²) in [7, 11) is 0. The predicted octanol–water partition coefficient (Wildman–Crippen LogP) is 2.29. The van der Waals surface area contributed by atoms with Crippen LogP contribution in [-0.4, -0.2) is 17.6 Å². The molecular weight excluding hydrogens is 292 g/mol. The van der Waals surface area contributed by atoms with Gasteiger partial charge in [0.15, 0.2) is 0 Å². The van der Waals surface area contributed by atoms with Gasteiger partial charge in [-0.2, -0.15) is 26.3 Å². The molecule has 0 heterocycles. The van der Waals surface area contributed by atoms with E-state index in [4.69, 9.17) is 10.8 Å².